The molecule has 1 saturated heterocycles. The van der Waals surface area contributed by atoms with E-state index in [4.69, 9.17) is 4.42 Å². The van der Waals surface area contributed by atoms with Crippen molar-refractivity contribution in [2.45, 2.75) is 64.3 Å². The molecule has 6 nitrogen and oxygen atoms in total. The van der Waals surface area contributed by atoms with Gasteiger partial charge in [0, 0.05) is 25.6 Å². The summed E-state index contributed by atoms with van der Waals surface area (Å²) in [4.78, 5) is 11.5. The highest BCUT2D eigenvalue weighted by molar-refractivity contribution is 5.79. The van der Waals surface area contributed by atoms with Crippen LogP contribution in [-0.2, 0) is 12.0 Å². The van der Waals surface area contributed by atoms with E-state index in [9.17, 15) is 0 Å². The van der Waals surface area contributed by atoms with Crippen molar-refractivity contribution in [3.8, 4) is 0 Å². The molecule has 4 rings (SSSR count). The van der Waals surface area contributed by atoms with Crippen molar-refractivity contribution < 1.29 is 4.42 Å². The zero-order valence-electron chi connectivity index (χ0n) is 20.0. The molecule has 0 bridgehead atoms. The molecule has 1 aliphatic carbocycles. The first-order valence-corrected chi connectivity index (χ1v) is 12.2. The third kappa shape index (κ3) is 5.52. The van der Waals surface area contributed by atoms with Gasteiger partial charge in [0.1, 0.15) is 5.76 Å². The minimum absolute atomic E-state index is 0.237. The Hall–Kier alpha value is -2.34. The van der Waals surface area contributed by atoms with Crippen LogP contribution >= 0.6 is 0 Å². The van der Waals surface area contributed by atoms with Gasteiger partial charge in [0.2, 0.25) is 5.89 Å². The Morgan fingerprint density at radius 3 is 2.47 bits per heavy atom. The van der Waals surface area contributed by atoms with Crippen molar-refractivity contribution in [2.24, 2.45) is 10.9 Å². The summed E-state index contributed by atoms with van der Waals surface area (Å²) in [6.45, 7) is 8.92. The predicted octanol–water partition coefficient (Wildman–Crippen LogP) is 4.18. The minimum Gasteiger partial charge on any atom is -0.444 e. The molecular weight excluding hydrogens is 398 g/mol. The Balaban J connectivity index is 1.22. The average Bonchev–Trinajstić information content (AvgIpc) is 3.42. The summed E-state index contributed by atoms with van der Waals surface area (Å²) in [7, 11) is 1.88. The van der Waals surface area contributed by atoms with Crippen LogP contribution in [0.15, 0.2) is 39.7 Å². The number of rotatable bonds is 7. The highest BCUT2D eigenvalue weighted by atomic mass is 16.4. The Bertz CT molecular complexity index is 857. The Kier molecular flexibility index (Phi) is 7.51. The minimum atomic E-state index is 0.237. The second-order valence-electron chi connectivity index (χ2n) is 9.63. The van der Waals surface area contributed by atoms with E-state index in [1.54, 1.807) is 0 Å². The molecule has 0 spiro atoms. The summed E-state index contributed by atoms with van der Waals surface area (Å²) in [5.41, 5.74) is 2.70. The summed E-state index contributed by atoms with van der Waals surface area (Å²) >= 11 is 0. The number of nitrogens with zero attached hydrogens (tertiary/aromatic N) is 3. The van der Waals surface area contributed by atoms with E-state index in [0.717, 1.165) is 56.0 Å². The molecule has 32 heavy (non-hydrogen) atoms. The number of nitrogens with one attached hydrogen (secondary N) is 2. The number of aryl methyl sites for hydroxylation is 2. The quantitative estimate of drug-likeness (QED) is 0.502. The molecule has 2 fully saturated rings. The summed E-state index contributed by atoms with van der Waals surface area (Å²) in [5, 5.41) is 7.24. The van der Waals surface area contributed by atoms with Crippen LogP contribution in [0.5, 0.6) is 0 Å². The molecular formula is C26H39N5O. The molecule has 174 valence electrons. The molecule has 0 atom stereocenters. The van der Waals surface area contributed by atoms with Crippen molar-refractivity contribution in [3.05, 3.63) is 53.2 Å². The molecule has 1 saturated carbocycles. The first-order chi connectivity index (χ1) is 15.6. The molecule has 0 amide bonds. The topological polar surface area (TPSA) is 65.7 Å². The fourth-order valence-corrected chi connectivity index (χ4v) is 5.27. The van der Waals surface area contributed by atoms with Gasteiger partial charge in [-0.05, 0) is 64.1 Å². The second-order valence-corrected chi connectivity index (χ2v) is 9.63. The molecule has 2 heterocycles. The van der Waals surface area contributed by atoms with Gasteiger partial charge in [-0.2, -0.15) is 0 Å². The number of hydrogen-bond donors (Lipinski definition) is 2. The van der Waals surface area contributed by atoms with Crippen molar-refractivity contribution in [2.75, 3.05) is 33.2 Å². The SMILES string of the molecule is CN=C(NCC1CCN(Cc2nc(C)c(C)o2)CC1)NCC1(c2ccccc2)CCCC1. The van der Waals surface area contributed by atoms with Crippen LogP contribution < -0.4 is 10.6 Å². The van der Waals surface area contributed by atoms with Gasteiger partial charge in [0.15, 0.2) is 5.96 Å². The van der Waals surface area contributed by atoms with Gasteiger partial charge >= 0.3 is 0 Å². The van der Waals surface area contributed by atoms with Crippen LogP contribution in [0.25, 0.3) is 0 Å². The third-order valence-corrected chi connectivity index (χ3v) is 7.46. The summed E-state index contributed by atoms with van der Waals surface area (Å²) in [5.74, 6) is 3.39. The van der Waals surface area contributed by atoms with Gasteiger partial charge in [0.25, 0.3) is 0 Å². The van der Waals surface area contributed by atoms with E-state index in [1.165, 1.54) is 44.1 Å². The smallest absolute Gasteiger partial charge is 0.208 e. The maximum atomic E-state index is 5.76. The number of likely N-dealkylation sites (tertiary alicyclic amines) is 1. The highest BCUT2D eigenvalue weighted by Crippen LogP contribution is 2.40. The zero-order valence-corrected chi connectivity index (χ0v) is 20.0. The first kappa shape index (κ1) is 22.8. The van der Waals surface area contributed by atoms with Crippen molar-refractivity contribution in [1.82, 2.24) is 20.5 Å². The fourth-order valence-electron chi connectivity index (χ4n) is 5.27. The molecule has 1 aromatic heterocycles. The number of piperidine rings is 1. The largest absolute Gasteiger partial charge is 0.444 e. The van der Waals surface area contributed by atoms with E-state index in [2.05, 4.69) is 55.8 Å². The number of aromatic nitrogens is 1. The molecule has 2 aliphatic rings. The van der Waals surface area contributed by atoms with Crippen molar-refractivity contribution in [3.63, 3.8) is 0 Å². The molecule has 1 aromatic carbocycles. The Morgan fingerprint density at radius 1 is 1.12 bits per heavy atom. The van der Waals surface area contributed by atoms with Crippen LogP contribution in [0.3, 0.4) is 0 Å². The molecule has 6 heteroatoms. The van der Waals surface area contributed by atoms with Crippen LogP contribution in [0.1, 0.15) is 61.4 Å². The number of aliphatic imine (C=N–C) groups is 1. The molecule has 1 aliphatic heterocycles. The molecule has 0 radical (unpaired) electrons. The van der Waals surface area contributed by atoms with E-state index < -0.39 is 0 Å². The van der Waals surface area contributed by atoms with Crippen LogP contribution in [0, 0.1) is 19.8 Å². The van der Waals surface area contributed by atoms with Gasteiger partial charge in [-0.3, -0.25) is 9.89 Å². The Morgan fingerprint density at radius 2 is 1.84 bits per heavy atom. The lowest BCUT2D eigenvalue weighted by Gasteiger charge is -2.32. The normalized spacial score (nSPS) is 19.9. The van der Waals surface area contributed by atoms with Gasteiger partial charge in [0.05, 0.1) is 12.2 Å². The predicted molar refractivity (Wildman–Crippen MR) is 130 cm³/mol. The van der Waals surface area contributed by atoms with Crippen molar-refractivity contribution >= 4 is 5.96 Å². The monoisotopic (exact) mass is 437 g/mol. The lowest BCUT2D eigenvalue weighted by molar-refractivity contribution is 0.164. The first-order valence-electron chi connectivity index (χ1n) is 12.2. The highest BCUT2D eigenvalue weighted by Gasteiger charge is 2.35. The number of hydrogen-bond acceptors (Lipinski definition) is 4. The van der Waals surface area contributed by atoms with Crippen LogP contribution in [-0.4, -0.2) is 49.1 Å². The third-order valence-electron chi connectivity index (χ3n) is 7.46. The summed E-state index contributed by atoms with van der Waals surface area (Å²) in [6, 6.07) is 11.0. The van der Waals surface area contributed by atoms with Gasteiger partial charge < -0.3 is 15.1 Å². The second kappa shape index (κ2) is 10.5. The lowest BCUT2D eigenvalue weighted by Crippen LogP contribution is -2.46. The van der Waals surface area contributed by atoms with Gasteiger partial charge in [-0.1, -0.05) is 43.2 Å². The van der Waals surface area contributed by atoms with E-state index in [-0.39, 0.29) is 5.41 Å². The maximum absolute atomic E-state index is 5.76. The maximum Gasteiger partial charge on any atom is 0.208 e. The summed E-state index contributed by atoms with van der Waals surface area (Å²) < 4.78 is 5.76. The Labute approximate surface area is 192 Å². The van der Waals surface area contributed by atoms with Gasteiger partial charge in [-0.15, -0.1) is 0 Å². The number of oxazole rings is 1. The van der Waals surface area contributed by atoms with Crippen LogP contribution in [0.2, 0.25) is 0 Å². The van der Waals surface area contributed by atoms with E-state index >= 15 is 0 Å². The molecule has 2 N–H and O–H groups in total. The van der Waals surface area contributed by atoms with E-state index in [0.29, 0.717) is 5.92 Å². The molecule has 0 unspecified atom stereocenters. The van der Waals surface area contributed by atoms with E-state index in [1.807, 2.05) is 20.9 Å². The van der Waals surface area contributed by atoms with Crippen molar-refractivity contribution in [1.29, 1.82) is 0 Å². The average molecular weight is 438 g/mol. The summed E-state index contributed by atoms with van der Waals surface area (Å²) in [6.07, 6.45) is 7.51. The zero-order chi connectivity index (χ0) is 22.4. The number of benzene rings is 1. The fraction of sp³-hybridized carbons (Fsp3) is 0.615. The van der Waals surface area contributed by atoms with Crippen LogP contribution in [0.4, 0.5) is 0 Å². The number of guanidine groups is 1. The standard InChI is InChI=1S/C26H39N5O/c1-20-21(2)32-24(30-20)18-31-15-11-22(12-16-31)17-28-25(27-3)29-19-26(13-7-8-14-26)23-9-5-4-6-10-23/h4-6,9-10,22H,7-8,11-19H2,1-3H3,(H2,27,28,29). The van der Waals surface area contributed by atoms with Gasteiger partial charge in [-0.25, -0.2) is 4.98 Å². The lowest BCUT2D eigenvalue weighted by atomic mass is 9.79. The molecule has 2 aromatic rings.